The van der Waals surface area contributed by atoms with Crippen molar-refractivity contribution in [1.82, 2.24) is 0 Å². The number of unbranched alkanes of at least 4 members (excludes halogenated alkanes) is 8. The van der Waals surface area contributed by atoms with E-state index in [4.69, 9.17) is 0 Å². The van der Waals surface area contributed by atoms with Gasteiger partial charge in [-0.25, -0.2) is 0 Å². The van der Waals surface area contributed by atoms with E-state index < -0.39 is 15.8 Å². The molecule has 2 N–H and O–H groups in total. The van der Waals surface area contributed by atoms with Crippen molar-refractivity contribution < 1.29 is 9.79 Å². The van der Waals surface area contributed by atoms with Crippen LogP contribution >= 0.6 is 17.9 Å². The first-order valence-corrected chi connectivity index (χ1v) is 16.6. The third kappa shape index (κ3) is 11.7. The molecule has 0 aliphatic rings. The Morgan fingerprint density at radius 2 is 0.969 bits per heavy atom. The number of aryl methyl sites for hydroxylation is 2. The molecule has 0 saturated heterocycles. The number of rotatable bonds is 14. The summed E-state index contributed by atoms with van der Waals surface area (Å²) in [5.74, 6) is 0. The fraction of sp³-hybridized carbons (Fsp3) is 0.538. The van der Waals surface area contributed by atoms with Crippen molar-refractivity contribution in [2.75, 3.05) is 0 Å². The molecule has 2 aromatic carbocycles. The Bertz CT molecular complexity index is 749. The Morgan fingerprint density at radius 1 is 0.625 bits per heavy atom. The van der Waals surface area contributed by atoms with Crippen molar-refractivity contribution in [3.8, 4) is 0 Å². The van der Waals surface area contributed by atoms with Crippen LogP contribution in [0.3, 0.4) is 0 Å². The molecule has 0 unspecified atom stereocenters. The van der Waals surface area contributed by atoms with Gasteiger partial charge in [-0.05, 0) is 61.1 Å². The predicted octanol–water partition coefficient (Wildman–Crippen LogP) is 7.42. The molecule has 2 aromatic rings. The van der Waals surface area contributed by atoms with E-state index in [1.165, 1.54) is 75.3 Å². The number of thiol groups is 1. The summed E-state index contributed by atoms with van der Waals surface area (Å²) in [6.07, 6.45) is 15.0. The van der Waals surface area contributed by atoms with Gasteiger partial charge in [0.1, 0.15) is 0 Å². The van der Waals surface area contributed by atoms with Crippen molar-refractivity contribution in [2.45, 2.75) is 101 Å². The summed E-state index contributed by atoms with van der Waals surface area (Å²) in [5, 5.41) is 0. The van der Waals surface area contributed by atoms with Gasteiger partial charge in [0.2, 0.25) is 5.69 Å². The van der Waals surface area contributed by atoms with Gasteiger partial charge in [-0.3, -0.25) is 0 Å². The molecule has 0 heterocycles. The van der Waals surface area contributed by atoms with Crippen LogP contribution in [0.5, 0.6) is 0 Å². The maximum absolute atomic E-state index is 10.5. The number of hydrogen-bond acceptors (Lipinski definition) is 0. The first kappa shape index (κ1) is 31.1. The van der Waals surface area contributed by atoms with Crippen LogP contribution in [-0.4, -0.2) is 58.7 Å². The molecule has 0 atom stereocenters. The minimum atomic E-state index is -3.35. The van der Waals surface area contributed by atoms with E-state index in [1.807, 2.05) is 0 Å². The van der Waals surface area contributed by atoms with Crippen molar-refractivity contribution in [3.63, 3.8) is 0 Å². The fourth-order valence-corrected chi connectivity index (χ4v) is 9.60. The molecule has 0 spiro atoms. The van der Waals surface area contributed by atoms with Gasteiger partial charge in [0.15, 0.2) is 0 Å². The molecule has 0 amide bonds. The van der Waals surface area contributed by atoms with Crippen LogP contribution in [0.15, 0.2) is 58.3 Å². The van der Waals surface area contributed by atoms with Crippen molar-refractivity contribution in [1.29, 1.82) is 0 Å². The normalized spacial score (nSPS) is 11.6. The van der Waals surface area contributed by atoms with E-state index in [-0.39, 0.29) is 48.9 Å². The van der Waals surface area contributed by atoms with E-state index in [0.717, 1.165) is 22.6 Å². The molecule has 0 fully saturated rings. The first-order valence-electron chi connectivity index (χ1n) is 12.0. The second kappa shape index (κ2) is 17.5. The summed E-state index contributed by atoms with van der Waals surface area (Å²) in [5.41, 5.74) is -0.704. The molecule has 0 aliphatic carbocycles. The quantitative estimate of drug-likeness (QED) is 0.0891. The van der Waals surface area contributed by atoms with E-state index in [0.29, 0.717) is 0 Å². The van der Waals surface area contributed by atoms with Gasteiger partial charge in [0.25, 0.3) is 0 Å². The monoisotopic (exact) mass is 620 g/mol. The Kier molecular flexibility index (Phi) is 17.0. The van der Waals surface area contributed by atoms with Gasteiger partial charge in [-0.15, -0.1) is 0 Å². The SMILES string of the molecule is CCCCCCCc1ccc(S(c2ccc(CCCCCCC)cc2)=P(O)(O)S)cc1.[BaH2]. The molecular formula is C26H43BaO2PS2. The average molecular weight is 620 g/mol. The van der Waals surface area contributed by atoms with Gasteiger partial charge in [-0.1, -0.05) is 112 Å². The van der Waals surface area contributed by atoms with Crippen molar-refractivity contribution in [2.24, 2.45) is 0 Å². The summed E-state index contributed by atoms with van der Waals surface area (Å²) >= 11 is 4.24. The van der Waals surface area contributed by atoms with Gasteiger partial charge in [0.05, 0.1) is 0 Å². The van der Waals surface area contributed by atoms with Crippen LogP contribution in [0.4, 0.5) is 0 Å². The summed E-state index contributed by atoms with van der Waals surface area (Å²) < 4.78 is 0. The number of hydrogen-bond donors (Lipinski definition) is 3. The Hall–Kier alpha value is 1.06. The summed E-state index contributed by atoms with van der Waals surface area (Å²) in [6.45, 7) is 4.48. The minimum absolute atomic E-state index is 0. The topological polar surface area (TPSA) is 40.5 Å². The van der Waals surface area contributed by atoms with Crippen LogP contribution in [0, 0.1) is 0 Å². The molecule has 0 aromatic heterocycles. The summed E-state index contributed by atoms with van der Waals surface area (Å²) in [4.78, 5) is 22.9. The second-order valence-corrected chi connectivity index (χ2v) is 16.1. The standard InChI is InChI=1S/C26H41O2PS2.Ba.2H/c1-3-5-7-9-11-13-23-15-19-25(20-16-23)31(29(27,28)30)26-21-17-24(18-22-26)14-12-10-8-6-4-2;;;/h15-22,27-28,30H,3-14H2,1-2H3;;;. The van der Waals surface area contributed by atoms with Crippen LogP contribution in [0.1, 0.15) is 89.2 Å². The van der Waals surface area contributed by atoms with E-state index in [9.17, 15) is 9.79 Å². The van der Waals surface area contributed by atoms with E-state index in [1.54, 1.807) is 0 Å². The zero-order valence-electron chi connectivity index (χ0n) is 19.3. The zero-order chi connectivity index (χ0) is 22.5. The molecule has 0 radical (unpaired) electrons. The van der Waals surface area contributed by atoms with E-state index in [2.05, 4.69) is 74.6 Å². The molecular weight excluding hydrogens is 577 g/mol. The Balaban J connectivity index is 0.00000512. The number of benzene rings is 2. The molecule has 178 valence electrons. The fourth-order valence-electron chi connectivity index (χ4n) is 3.85. The van der Waals surface area contributed by atoms with Crippen molar-refractivity contribution in [3.05, 3.63) is 59.7 Å². The van der Waals surface area contributed by atoms with Gasteiger partial charge < -0.3 is 9.79 Å². The molecule has 2 nitrogen and oxygen atoms in total. The van der Waals surface area contributed by atoms with Crippen LogP contribution < -0.4 is 0 Å². The summed E-state index contributed by atoms with van der Waals surface area (Å²) in [6, 6.07) is 16.8. The molecule has 32 heavy (non-hydrogen) atoms. The molecule has 2 rings (SSSR count). The van der Waals surface area contributed by atoms with Gasteiger partial charge in [-0.2, -0.15) is 0 Å². The zero-order valence-corrected chi connectivity index (χ0v) is 21.9. The van der Waals surface area contributed by atoms with Crippen LogP contribution in [-0.2, 0) is 22.9 Å². The Morgan fingerprint density at radius 3 is 1.28 bits per heavy atom. The third-order valence-electron chi connectivity index (χ3n) is 5.68. The van der Waals surface area contributed by atoms with E-state index >= 15 is 0 Å². The predicted molar refractivity (Wildman–Crippen MR) is 151 cm³/mol. The van der Waals surface area contributed by atoms with Gasteiger partial charge >= 0.3 is 48.9 Å². The van der Waals surface area contributed by atoms with Crippen LogP contribution in [0.2, 0.25) is 0 Å². The molecule has 0 bridgehead atoms. The summed E-state index contributed by atoms with van der Waals surface area (Å²) in [7, 11) is -0.819. The first-order chi connectivity index (χ1) is 15.0. The Labute approximate surface area is 244 Å². The van der Waals surface area contributed by atoms with Gasteiger partial charge in [0, 0.05) is 9.79 Å². The second-order valence-electron chi connectivity index (χ2n) is 8.41. The third-order valence-corrected chi connectivity index (χ3v) is 11.8. The average Bonchev–Trinajstić information content (AvgIpc) is 2.75. The van der Waals surface area contributed by atoms with Crippen molar-refractivity contribution >= 4 is 76.9 Å². The molecule has 0 saturated carbocycles. The maximum atomic E-state index is 10.5. The van der Waals surface area contributed by atoms with Crippen LogP contribution in [0.25, 0.3) is 0 Å². The molecule has 6 heteroatoms. The molecule has 0 aliphatic heterocycles.